The first-order chi connectivity index (χ1) is 11.4. The first-order valence-corrected chi connectivity index (χ1v) is 6.90. The Hall–Kier alpha value is -2.79. The minimum Gasteiger partial charge on any atom is -0.574 e. The molecule has 0 aliphatic heterocycles. The molecule has 0 aliphatic rings. The Kier molecular flexibility index (Phi) is 4.82. The molecule has 8 heteroatoms. The van der Waals surface area contributed by atoms with Gasteiger partial charge in [0.2, 0.25) is 11.8 Å². The zero-order valence-electron chi connectivity index (χ0n) is 12.2. The molecule has 0 aliphatic carbocycles. The quantitative estimate of drug-likeness (QED) is 0.428. The molecule has 0 N–H and O–H groups in total. The fourth-order valence-electron chi connectivity index (χ4n) is 2.07. The van der Waals surface area contributed by atoms with Crippen molar-refractivity contribution in [2.24, 2.45) is 0 Å². The van der Waals surface area contributed by atoms with Crippen LogP contribution < -0.4 is 14.9 Å². The van der Waals surface area contributed by atoms with Crippen molar-refractivity contribution in [3.05, 3.63) is 60.9 Å². The van der Waals surface area contributed by atoms with Gasteiger partial charge in [-0.3, -0.25) is 0 Å². The smallest absolute Gasteiger partial charge is 0.574 e. The summed E-state index contributed by atoms with van der Waals surface area (Å²) < 4.78 is 5.74. The molecule has 0 amide bonds. The summed E-state index contributed by atoms with van der Waals surface area (Å²) in [6.45, 7) is 0. The maximum absolute atomic E-state index is 5.74. The predicted octanol–water partition coefficient (Wildman–Crippen LogP) is 2.30. The molecule has 0 fully saturated rings. The molecule has 0 saturated carbocycles. The van der Waals surface area contributed by atoms with Crippen molar-refractivity contribution in [2.45, 2.75) is 0 Å². The van der Waals surface area contributed by atoms with E-state index < -0.39 is 0 Å². The number of pyridine rings is 2. The van der Waals surface area contributed by atoms with E-state index in [9.17, 15) is 0 Å². The third-order valence-electron chi connectivity index (χ3n) is 3.11. The van der Waals surface area contributed by atoms with E-state index in [0.29, 0.717) is 34.5 Å². The van der Waals surface area contributed by atoms with Crippen molar-refractivity contribution in [3.63, 3.8) is 0 Å². The average molecular weight is 497 g/mol. The zero-order valence-corrected chi connectivity index (χ0v) is 14.5. The van der Waals surface area contributed by atoms with Gasteiger partial charge in [-0.05, 0) is 12.1 Å². The fourth-order valence-corrected chi connectivity index (χ4v) is 2.07. The maximum Gasteiger partial charge on any atom is 2.00 e. The van der Waals surface area contributed by atoms with Crippen molar-refractivity contribution >= 4 is 0 Å². The van der Waals surface area contributed by atoms with E-state index in [4.69, 9.17) is 4.74 Å². The van der Waals surface area contributed by atoms with Crippen molar-refractivity contribution in [2.75, 3.05) is 0 Å². The van der Waals surface area contributed by atoms with Crippen LogP contribution in [0.5, 0.6) is 11.8 Å². The normalized spacial score (nSPS) is 10.2. The van der Waals surface area contributed by atoms with Gasteiger partial charge in [-0.1, -0.05) is 35.7 Å². The summed E-state index contributed by atoms with van der Waals surface area (Å²) in [6, 6.07) is 14.5. The van der Waals surface area contributed by atoms with Gasteiger partial charge in [0.15, 0.2) is 0 Å². The van der Waals surface area contributed by atoms with Gasteiger partial charge in [-0.15, -0.1) is 0 Å². The molecule has 0 radical (unpaired) electrons. The Morgan fingerprint density at radius 2 is 1.17 bits per heavy atom. The molecule has 4 rings (SSSR count). The minimum atomic E-state index is 0. The first-order valence-electron chi connectivity index (χ1n) is 6.90. The number of hydrogen-bond donors (Lipinski definition) is 0. The van der Waals surface area contributed by atoms with E-state index in [1.165, 1.54) is 0 Å². The Morgan fingerprint density at radius 1 is 0.667 bits per heavy atom. The molecule has 120 valence electrons. The molecule has 0 bridgehead atoms. The Bertz CT molecular complexity index is 832. The van der Waals surface area contributed by atoms with Crippen LogP contribution in [-0.2, 0) is 21.1 Å². The van der Waals surface area contributed by atoms with Gasteiger partial charge in [0, 0.05) is 24.5 Å². The Morgan fingerprint density at radius 3 is 1.58 bits per heavy atom. The first kappa shape index (κ1) is 16.1. The Labute approximate surface area is 151 Å². The molecule has 4 aromatic rings. The van der Waals surface area contributed by atoms with E-state index in [1.807, 2.05) is 24.3 Å². The number of aromatic nitrogens is 6. The summed E-state index contributed by atoms with van der Waals surface area (Å²) in [5.74, 6) is 0.868. The van der Waals surface area contributed by atoms with Crippen LogP contribution in [0.4, 0.5) is 0 Å². The van der Waals surface area contributed by atoms with Crippen LogP contribution in [0.2, 0.25) is 0 Å². The largest absolute Gasteiger partial charge is 2.00 e. The van der Waals surface area contributed by atoms with Crippen LogP contribution in [-0.4, -0.2) is 20.2 Å². The van der Waals surface area contributed by atoms with Crippen LogP contribution in [0.15, 0.2) is 60.9 Å². The topological polar surface area (TPSA) is 89.0 Å². The Balaban J connectivity index is 0.00000169. The maximum atomic E-state index is 5.74. The summed E-state index contributed by atoms with van der Waals surface area (Å²) in [5, 5.41) is 15.6. The monoisotopic (exact) mass is 497 g/mol. The third-order valence-corrected chi connectivity index (χ3v) is 3.11. The van der Waals surface area contributed by atoms with Crippen LogP contribution >= 0.6 is 0 Å². The molecule has 0 unspecified atom stereocenters. The van der Waals surface area contributed by atoms with Gasteiger partial charge in [0.25, 0.3) is 0 Å². The van der Waals surface area contributed by atoms with Crippen LogP contribution in [0.1, 0.15) is 0 Å². The number of ether oxygens (including phenoxy) is 1. The summed E-state index contributed by atoms with van der Waals surface area (Å²) in [5.41, 5.74) is 2.78. The van der Waals surface area contributed by atoms with Crippen molar-refractivity contribution in [1.29, 1.82) is 0 Å². The van der Waals surface area contributed by atoms with E-state index in [2.05, 4.69) is 30.4 Å². The summed E-state index contributed by atoms with van der Waals surface area (Å²) in [7, 11) is 0. The van der Waals surface area contributed by atoms with Crippen molar-refractivity contribution in [1.82, 2.24) is 30.4 Å². The van der Waals surface area contributed by atoms with Gasteiger partial charge < -0.3 is 25.1 Å². The van der Waals surface area contributed by atoms with Crippen molar-refractivity contribution < 1.29 is 25.8 Å². The van der Waals surface area contributed by atoms with Gasteiger partial charge in [-0.25, -0.2) is 9.97 Å². The van der Waals surface area contributed by atoms with Gasteiger partial charge in [-0.2, -0.15) is 0 Å². The molecule has 24 heavy (non-hydrogen) atoms. The van der Waals surface area contributed by atoms with Crippen LogP contribution in [0.3, 0.4) is 0 Å². The standard InChI is InChI=1S/C16H10N6O.Pt/c1-3-11(13-7-9-17-21-13)19-15(5-1)23-16-6-2-4-12(20-16)14-8-10-18-22-14;/h1-10H;/q-2;+2. The molecular weight excluding hydrogens is 487 g/mol. The molecule has 4 heterocycles. The molecule has 0 saturated heterocycles. The summed E-state index contributed by atoms with van der Waals surface area (Å²) in [6.07, 6.45) is 3.24. The van der Waals surface area contributed by atoms with Gasteiger partial charge in [0.05, 0.1) is 11.4 Å². The summed E-state index contributed by atoms with van der Waals surface area (Å²) >= 11 is 0. The summed E-state index contributed by atoms with van der Waals surface area (Å²) in [4.78, 5) is 8.82. The minimum absolute atomic E-state index is 0. The second-order valence-electron chi connectivity index (χ2n) is 4.66. The number of nitrogens with zero attached hydrogens (tertiary/aromatic N) is 6. The number of hydrogen-bond acceptors (Lipinski definition) is 5. The van der Waals surface area contributed by atoms with Crippen LogP contribution in [0.25, 0.3) is 22.8 Å². The van der Waals surface area contributed by atoms with Gasteiger partial charge in [0.1, 0.15) is 0 Å². The molecule has 0 aromatic carbocycles. The average Bonchev–Trinajstić information content (AvgIpc) is 3.29. The second kappa shape index (κ2) is 7.19. The molecule has 0 atom stereocenters. The van der Waals surface area contributed by atoms with Gasteiger partial charge >= 0.3 is 21.1 Å². The molecule has 7 nitrogen and oxygen atoms in total. The van der Waals surface area contributed by atoms with E-state index in [1.54, 1.807) is 36.7 Å². The van der Waals surface area contributed by atoms with Crippen LogP contribution in [0, 0.1) is 0 Å². The van der Waals surface area contributed by atoms with E-state index in [0.717, 1.165) is 0 Å². The fraction of sp³-hybridized carbons (Fsp3) is 0. The number of rotatable bonds is 4. The van der Waals surface area contributed by atoms with E-state index >= 15 is 0 Å². The zero-order chi connectivity index (χ0) is 15.5. The SMILES string of the molecule is [Pt+2].c1cc(Oc2cccc(-c3ccn[n-]3)n2)nc(-c2ccn[n-]2)c1. The molecular formula is C16H10N6OPt. The molecule has 0 spiro atoms. The van der Waals surface area contributed by atoms with Crippen molar-refractivity contribution in [3.8, 4) is 34.5 Å². The second-order valence-corrected chi connectivity index (χ2v) is 4.66. The molecule has 4 aromatic heterocycles. The third kappa shape index (κ3) is 3.41. The van der Waals surface area contributed by atoms with E-state index in [-0.39, 0.29) is 21.1 Å². The predicted molar refractivity (Wildman–Crippen MR) is 81.7 cm³/mol.